The fourth-order valence-electron chi connectivity index (χ4n) is 5.39. The summed E-state index contributed by atoms with van der Waals surface area (Å²) >= 11 is 0. The molecular weight excluding hydrogens is 416 g/mol. The van der Waals surface area contributed by atoms with E-state index in [0.717, 1.165) is 64.2 Å². The fourth-order valence-corrected chi connectivity index (χ4v) is 6.96. The van der Waals surface area contributed by atoms with Crippen LogP contribution in [0, 0.1) is 11.8 Å². The molecule has 0 aliphatic heterocycles. The highest BCUT2D eigenvalue weighted by Gasteiger charge is 2.52. The summed E-state index contributed by atoms with van der Waals surface area (Å²) in [6, 6.07) is 0. The molecule has 0 aromatic heterocycles. The first-order valence-electron chi connectivity index (χ1n) is 13.1. The van der Waals surface area contributed by atoms with Gasteiger partial charge in [0, 0.05) is 12.3 Å². The van der Waals surface area contributed by atoms with E-state index < -0.39 is 19.9 Å². The third-order valence-electron chi connectivity index (χ3n) is 8.35. The highest BCUT2D eigenvalue weighted by atomic mass is 28.4. The third-order valence-corrected chi connectivity index (χ3v) is 12.8. The smallest absolute Gasteiger partial charge is 0.335 e. The second-order valence-corrected chi connectivity index (χ2v) is 16.5. The van der Waals surface area contributed by atoms with Crippen LogP contribution in [-0.2, 0) is 14.0 Å². The van der Waals surface area contributed by atoms with Crippen LogP contribution in [0.1, 0.15) is 111 Å². The van der Waals surface area contributed by atoms with E-state index in [0.29, 0.717) is 18.6 Å². The lowest BCUT2D eigenvalue weighted by Crippen LogP contribution is -2.57. The predicted molar refractivity (Wildman–Crippen MR) is 134 cm³/mol. The van der Waals surface area contributed by atoms with Crippen molar-refractivity contribution in [3.05, 3.63) is 11.6 Å². The first-order chi connectivity index (χ1) is 14.9. The Balaban J connectivity index is 2.05. The zero-order valence-electron chi connectivity index (χ0n) is 21.6. The number of Topliss-reactive ketones (excluding diaryl/α,β-unsaturated/α-hetero) is 1. The second kappa shape index (κ2) is 11.5. The van der Waals surface area contributed by atoms with E-state index in [1.54, 1.807) is 0 Å². The van der Waals surface area contributed by atoms with E-state index in [1.165, 1.54) is 12.0 Å². The molecule has 0 radical (unpaired) electrons. The van der Waals surface area contributed by atoms with Crippen LogP contribution < -0.4 is 0 Å². The zero-order valence-corrected chi connectivity index (χ0v) is 22.6. The lowest BCUT2D eigenvalue weighted by Gasteiger charge is -2.48. The molecule has 4 nitrogen and oxygen atoms in total. The van der Waals surface area contributed by atoms with Crippen LogP contribution in [0.5, 0.6) is 0 Å². The van der Waals surface area contributed by atoms with Crippen molar-refractivity contribution in [2.45, 2.75) is 135 Å². The molecule has 0 heterocycles. The first kappa shape index (κ1) is 27.3. The van der Waals surface area contributed by atoms with E-state index in [4.69, 9.17) is 4.43 Å². The van der Waals surface area contributed by atoms with Gasteiger partial charge in [-0.2, -0.15) is 0 Å². The van der Waals surface area contributed by atoms with Crippen LogP contribution in [0.25, 0.3) is 0 Å². The van der Waals surface area contributed by atoms with Gasteiger partial charge in [-0.1, -0.05) is 77.9 Å². The van der Waals surface area contributed by atoms with E-state index in [2.05, 4.69) is 46.9 Å². The van der Waals surface area contributed by atoms with Gasteiger partial charge in [0.1, 0.15) is 5.78 Å². The summed E-state index contributed by atoms with van der Waals surface area (Å²) in [6.45, 7) is 13.1. The van der Waals surface area contributed by atoms with Gasteiger partial charge in [0.05, 0.1) is 0 Å². The Morgan fingerprint density at radius 1 is 1.12 bits per heavy atom. The molecule has 2 aliphatic carbocycles. The number of hydrogen-bond acceptors (Lipinski definition) is 3. The molecule has 1 unspecified atom stereocenters. The molecule has 0 spiro atoms. The average molecular weight is 465 g/mol. The van der Waals surface area contributed by atoms with Gasteiger partial charge in [-0.05, 0) is 62.6 Å². The Kier molecular flexibility index (Phi) is 9.78. The van der Waals surface area contributed by atoms with Crippen molar-refractivity contribution >= 4 is 20.1 Å². The van der Waals surface area contributed by atoms with Crippen LogP contribution in [0.4, 0.5) is 0 Å². The number of unbranched alkanes of at least 4 members (excludes halogenated alkanes) is 2. The minimum absolute atomic E-state index is 0.0206. The average Bonchev–Trinajstić information content (AvgIpc) is 3.06. The summed E-state index contributed by atoms with van der Waals surface area (Å²) < 4.78 is 6.81. The number of carboxylic acid groups (broad SMARTS) is 1. The quantitative estimate of drug-likeness (QED) is 0.183. The molecule has 1 saturated carbocycles. The highest BCUT2D eigenvalue weighted by Crippen LogP contribution is 2.46. The molecule has 0 saturated heterocycles. The first-order valence-corrected chi connectivity index (χ1v) is 16.0. The minimum atomic E-state index is -2.24. The SMILES string of the molecule is CCCC1=CCC(=O)[C@@H]1CCCCCC(O[Si](C)(C)C(C)(C)C)(C(=O)O)C1CCCCC1. The lowest BCUT2D eigenvalue weighted by molar-refractivity contribution is -0.165. The molecule has 184 valence electrons. The van der Waals surface area contributed by atoms with Gasteiger partial charge in [-0.25, -0.2) is 4.79 Å². The Hall–Kier alpha value is -0.943. The molecule has 2 atom stereocenters. The Morgan fingerprint density at radius 3 is 2.34 bits per heavy atom. The second-order valence-electron chi connectivity index (χ2n) is 11.7. The summed E-state index contributed by atoms with van der Waals surface area (Å²) in [7, 11) is -2.24. The van der Waals surface area contributed by atoms with Gasteiger partial charge in [-0.3, -0.25) is 4.79 Å². The Morgan fingerprint density at radius 2 is 1.78 bits per heavy atom. The van der Waals surface area contributed by atoms with Gasteiger partial charge in [-0.15, -0.1) is 0 Å². The van der Waals surface area contributed by atoms with Gasteiger partial charge >= 0.3 is 5.97 Å². The molecule has 0 bridgehead atoms. The molecule has 2 aliphatic rings. The van der Waals surface area contributed by atoms with Crippen LogP contribution in [0.3, 0.4) is 0 Å². The summed E-state index contributed by atoms with van der Waals surface area (Å²) in [5.74, 6) is -0.162. The summed E-state index contributed by atoms with van der Waals surface area (Å²) in [4.78, 5) is 25.1. The number of carbonyl (C=O) groups is 2. The maximum atomic E-state index is 12.8. The van der Waals surface area contributed by atoms with Gasteiger partial charge in [0.15, 0.2) is 13.9 Å². The topological polar surface area (TPSA) is 63.6 Å². The standard InChI is InChI=1S/C27H48O4Si/c1-7-14-21-18-19-24(28)23(21)17-12-9-13-20-27(25(29)30,22-15-10-8-11-16-22)31-32(5,6)26(2,3)4/h18,22-23H,7-17,19-20H2,1-6H3,(H,29,30)/t23-,27?/m1/s1. The van der Waals surface area contributed by atoms with Gasteiger partial charge in [0.2, 0.25) is 0 Å². The van der Waals surface area contributed by atoms with E-state index >= 15 is 0 Å². The molecule has 1 N–H and O–H groups in total. The molecule has 2 rings (SSSR count). The normalized spacial score (nSPS) is 22.6. The number of aliphatic carboxylic acids is 1. The van der Waals surface area contributed by atoms with Gasteiger partial charge < -0.3 is 9.53 Å². The van der Waals surface area contributed by atoms with E-state index in [1.807, 2.05) is 0 Å². The van der Waals surface area contributed by atoms with Crippen molar-refractivity contribution in [2.24, 2.45) is 11.8 Å². The summed E-state index contributed by atoms with van der Waals surface area (Å²) in [5.41, 5.74) is 0.278. The Bertz CT molecular complexity index is 670. The van der Waals surface area contributed by atoms with Crippen LogP contribution in [0.2, 0.25) is 18.1 Å². The molecule has 5 heteroatoms. The Labute approximate surface area is 197 Å². The van der Waals surface area contributed by atoms with Crippen molar-refractivity contribution in [2.75, 3.05) is 0 Å². The number of ketones is 1. The lowest BCUT2D eigenvalue weighted by atomic mass is 9.74. The number of hydrogen-bond donors (Lipinski definition) is 1. The molecule has 32 heavy (non-hydrogen) atoms. The third kappa shape index (κ3) is 6.56. The maximum Gasteiger partial charge on any atom is 0.335 e. The van der Waals surface area contributed by atoms with Crippen molar-refractivity contribution in [3.63, 3.8) is 0 Å². The number of rotatable bonds is 12. The van der Waals surface area contributed by atoms with Crippen molar-refractivity contribution in [3.8, 4) is 0 Å². The van der Waals surface area contributed by atoms with Crippen LogP contribution in [0.15, 0.2) is 11.6 Å². The molecular formula is C27H48O4Si. The number of carbonyl (C=O) groups excluding carboxylic acids is 1. The molecule has 0 aromatic rings. The van der Waals surface area contributed by atoms with E-state index in [9.17, 15) is 14.7 Å². The fraction of sp³-hybridized carbons (Fsp3) is 0.852. The van der Waals surface area contributed by atoms with Crippen molar-refractivity contribution < 1.29 is 19.1 Å². The summed E-state index contributed by atoms with van der Waals surface area (Å²) in [6.07, 6.45) is 14.5. The number of allylic oxidation sites excluding steroid dienone is 2. The van der Waals surface area contributed by atoms with E-state index in [-0.39, 0.29) is 16.9 Å². The monoisotopic (exact) mass is 464 g/mol. The molecule has 0 aromatic carbocycles. The summed E-state index contributed by atoms with van der Waals surface area (Å²) in [5, 5.41) is 10.5. The van der Waals surface area contributed by atoms with Crippen molar-refractivity contribution in [1.29, 1.82) is 0 Å². The molecule has 1 fully saturated rings. The minimum Gasteiger partial charge on any atom is -0.479 e. The zero-order chi connectivity index (χ0) is 24.0. The highest BCUT2D eigenvalue weighted by molar-refractivity contribution is 6.74. The maximum absolute atomic E-state index is 12.8. The molecule has 0 amide bonds. The predicted octanol–water partition coefficient (Wildman–Crippen LogP) is 7.68. The largest absolute Gasteiger partial charge is 0.479 e. The number of carboxylic acids is 1. The van der Waals surface area contributed by atoms with Crippen molar-refractivity contribution in [1.82, 2.24) is 0 Å². The van der Waals surface area contributed by atoms with Crippen LogP contribution in [-0.4, -0.2) is 30.8 Å². The van der Waals surface area contributed by atoms with Crippen LogP contribution >= 0.6 is 0 Å². The van der Waals surface area contributed by atoms with Gasteiger partial charge in [0.25, 0.3) is 0 Å².